The number of hydrogen-bond donors (Lipinski definition) is 0. The van der Waals surface area contributed by atoms with Crippen LogP contribution >= 0.6 is 0 Å². The molecule has 25 heavy (non-hydrogen) atoms. The van der Waals surface area contributed by atoms with Crippen molar-refractivity contribution >= 4 is 16.9 Å². The van der Waals surface area contributed by atoms with Crippen LogP contribution < -0.4 is 10.4 Å². The summed E-state index contributed by atoms with van der Waals surface area (Å²) in [4.78, 5) is 24.2. The first-order valence-electron chi connectivity index (χ1n) is 8.34. The van der Waals surface area contributed by atoms with Gasteiger partial charge in [-0.3, -0.25) is 0 Å². The summed E-state index contributed by atoms with van der Waals surface area (Å²) in [5.74, 6) is -0.0376. The molecule has 0 amide bonds. The van der Waals surface area contributed by atoms with E-state index in [1.165, 1.54) is 6.07 Å². The molecule has 2 aromatic carbocycles. The normalized spacial score (nSPS) is 10.8. The Morgan fingerprint density at radius 3 is 2.48 bits per heavy atom. The molecular formula is C21H20O4. The molecule has 0 atom stereocenters. The summed E-state index contributed by atoms with van der Waals surface area (Å²) in [5, 5.41) is 0.883. The number of hydrogen-bond acceptors (Lipinski definition) is 4. The molecular weight excluding hydrogens is 316 g/mol. The number of rotatable bonds is 4. The van der Waals surface area contributed by atoms with E-state index in [0.717, 1.165) is 29.4 Å². The predicted molar refractivity (Wildman–Crippen MR) is 97.4 cm³/mol. The van der Waals surface area contributed by atoms with Gasteiger partial charge in [-0.2, -0.15) is 0 Å². The van der Waals surface area contributed by atoms with Gasteiger partial charge in [-0.15, -0.1) is 0 Å². The third-order valence-corrected chi connectivity index (χ3v) is 4.21. The number of benzene rings is 2. The fourth-order valence-corrected chi connectivity index (χ4v) is 2.84. The Morgan fingerprint density at radius 2 is 1.80 bits per heavy atom. The average Bonchev–Trinajstić information content (AvgIpc) is 2.58. The standard InChI is InChI=1S/C21H20O4/c1-4-5-16-12-19(22)25-20-14(3)18(11-10-17(16)20)24-21(23)15-8-6-13(2)7-9-15/h6-12H,4-5H2,1-3H3. The topological polar surface area (TPSA) is 56.5 Å². The molecule has 0 fully saturated rings. The minimum atomic E-state index is -0.436. The van der Waals surface area contributed by atoms with Crippen LogP contribution in [0, 0.1) is 13.8 Å². The van der Waals surface area contributed by atoms with E-state index in [9.17, 15) is 9.59 Å². The van der Waals surface area contributed by atoms with Crippen molar-refractivity contribution < 1.29 is 13.9 Å². The van der Waals surface area contributed by atoms with Crippen molar-refractivity contribution in [3.8, 4) is 5.75 Å². The van der Waals surface area contributed by atoms with Crippen LogP contribution in [0.25, 0.3) is 11.0 Å². The van der Waals surface area contributed by atoms with Gasteiger partial charge < -0.3 is 9.15 Å². The monoisotopic (exact) mass is 336 g/mol. The zero-order valence-electron chi connectivity index (χ0n) is 14.6. The van der Waals surface area contributed by atoms with Crippen molar-refractivity contribution in [2.45, 2.75) is 33.6 Å². The van der Waals surface area contributed by atoms with Crippen LogP contribution in [0.1, 0.15) is 40.4 Å². The van der Waals surface area contributed by atoms with Crippen LogP contribution in [-0.2, 0) is 6.42 Å². The molecule has 1 aromatic heterocycles. The highest BCUT2D eigenvalue weighted by molar-refractivity contribution is 5.92. The molecule has 128 valence electrons. The average molecular weight is 336 g/mol. The Balaban J connectivity index is 2.00. The van der Waals surface area contributed by atoms with Crippen LogP contribution in [0.2, 0.25) is 0 Å². The maximum atomic E-state index is 12.3. The van der Waals surface area contributed by atoms with Gasteiger partial charge in [0.1, 0.15) is 11.3 Å². The second-order valence-corrected chi connectivity index (χ2v) is 6.16. The summed E-state index contributed by atoms with van der Waals surface area (Å²) in [5.41, 5.74) is 3.24. The highest BCUT2D eigenvalue weighted by Gasteiger charge is 2.15. The van der Waals surface area contributed by atoms with Gasteiger partial charge in [-0.25, -0.2) is 9.59 Å². The van der Waals surface area contributed by atoms with E-state index in [4.69, 9.17) is 9.15 Å². The lowest BCUT2D eigenvalue weighted by atomic mass is 10.0. The molecule has 0 aliphatic carbocycles. The molecule has 0 spiro atoms. The summed E-state index contributed by atoms with van der Waals surface area (Å²) >= 11 is 0. The number of carbonyl (C=O) groups is 1. The summed E-state index contributed by atoms with van der Waals surface area (Å²) in [6, 6.07) is 12.3. The maximum absolute atomic E-state index is 12.3. The molecule has 0 bridgehead atoms. The van der Waals surface area contributed by atoms with Crippen LogP contribution in [0.4, 0.5) is 0 Å². The first-order valence-corrected chi connectivity index (χ1v) is 8.34. The number of aryl methyl sites for hydroxylation is 3. The molecule has 3 aromatic rings. The van der Waals surface area contributed by atoms with E-state index < -0.39 is 5.97 Å². The van der Waals surface area contributed by atoms with E-state index in [1.54, 1.807) is 25.1 Å². The van der Waals surface area contributed by atoms with Crippen molar-refractivity contribution in [2.75, 3.05) is 0 Å². The van der Waals surface area contributed by atoms with Gasteiger partial charge in [-0.05, 0) is 50.1 Å². The zero-order valence-corrected chi connectivity index (χ0v) is 14.6. The lowest BCUT2D eigenvalue weighted by Crippen LogP contribution is -2.10. The number of esters is 1. The van der Waals surface area contributed by atoms with E-state index in [-0.39, 0.29) is 5.63 Å². The lowest BCUT2D eigenvalue weighted by molar-refractivity contribution is 0.0733. The van der Waals surface area contributed by atoms with Gasteiger partial charge in [0.25, 0.3) is 0 Å². The van der Waals surface area contributed by atoms with Crippen molar-refractivity contribution in [3.63, 3.8) is 0 Å². The van der Waals surface area contributed by atoms with Gasteiger partial charge >= 0.3 is 11.6 Å². The van der Waals surface area contributed by atoms with E-state index in [1.807, 2.05) is 25.1 Å². The summed E-state index contributed by atoms with van der Waals surface area (Å²) in [6.07, 6.45) is 1.73. The second-order valence-electron chi connectivity index (χ2n) is 6.16. The lowest BCUT2D eigenvalue weighted by Gasteiger charge is -2.11. The Morgan fingerprint density at radius 1 is 1.08 bits per heavy atom. The molecule has 0 unspecified atom stereocenters. The molecule has 0 N–H and O–H groups in total. The zero-order chi connectivity index (χ0) is 18.0. The summed E-state index contributed by atoms with van der Waals surface area (Å²) < 4.78 is 10.9. The molecule has 1 heterocycles. The minimum Gasteiger partial charge on any atom is -0.423 e. The Bertz CT molecular complexity index is 981. The van der Waals surface area contributed by atoms with Crippen molar-refractivity contribution in [1.82, 2.24) is 0 Å². The van der Waals surface area contributed by atoms with Crippen LogP contribution in [0.15, 0.2) is 51.7 Å². The molecule has 4 nitrogen and oxygen atoms in total. The number of ether oxygens (including phenoxy) is 1. The van der Waals surface area contributed by atoms with Gasteiger partial charge in [0.2, 0.25) is 0 Å². The SMILES string of the molecule is CCCc1cc(=O)oc2c(C)c(OC(=O)c3ccc(C)cc3)ccc12. The molecule has 0 aliphatic rings. The van der Waals surface area contributed by atoms with Crippen LogP contribution in [0.3, 0.4) is 0 Å². The third kappa shape index (κ3) is 3.48. The molecule has 0 saturated carbocycles. The van der Waals surface area contributed by atoms with Crippen molar-refractivity contribution in [2.24, 2.45) is 0 Å². The Labute approximate surface area is 146 Å². The number of carbonyl (C=O) groups excluding carboxylic acids is 1. The highest BCUT2D eigenvalue weighted by Crippen LogP contribution is 2.29. The molecule has 0 aliphatic heterocycles. The summed E-state index contributed by atoms with van der Waals surface area (Å²) in [7, 11) is 0. The Hall–Kier alpha value is -2.88. The van der Waals surface area contributed by atoms with E-state index >= 15 is 0 Å². The quantitative estimate of drug-likeness (QED) is 0.397. The van der Waals surface area contributed by atoms with Gasteiger partial charge in [0.05, 0.1) is 5.56 Å². The van der Waals surface area contributed by atoms with Crippen molar-refractivity contribution in [3.05, 3.63) is 75.1 Å². The fourth-order valence-electron chi connectivity index (χ4n) is 2.84. The van der Waals surface area contributed by atoms with Gasteiger partial charge in [-0.1, -0.05) is 31.0 Å². The largest absolute Gasteiger partial charge is 0.423 e. The van der Waals surface area contributed by atoms with Crippen molar-refractivity contribution in [1.29, 1.82) is 0 Å². The Kier molecular flexibility index (Phi) is 4.70. The van der Waals surface area contributed by atoms with Gasteiger partial charge in [0, 0.05) is 17.0 Å². The highest BCUT2D eigenvalue weighted by atomic mass is 16.5. The third-order valence-electron chi connectivity index (χ3n) is 4.21. The van der Waals surface area contributed by atoms with Crippen LogP contribution in [0.5, 0.6) is 5.75 Å². The van der Waals surface area contributed by atoms with E-state index in [2.05, 4.69) is 6.92 Å². The first-order chi connectivity index (χ1) is 12.0. The minimum absolute atomic E-state index is 0.388. The number of fused-ring (bicyclic) bond motifs is 1. The van der Waals surface area contributed by atoms with Crippen LogP contribution in [-0.4, -0.2) is 5.97 Å². The maximum Gasteiger partial charge on any atom is 0.343 e. The fraction of sp³-hybridized carbons (Fsp3) is 0.238. The molecule has 3 rings (SSSR count). The predicted octanol–water partition coefficient (Wildman–Crippen LogP) is 4.58. The first kappa shape index (κ1) is 17.0. The molecule has 0 saturated heterocycles. The summed E-state index contributed by atoms with van der Waals surface area (Å²) in [6.45, 7) is 5.81. The molecule has 4 heteroatoms. The van der Waals surface area contributed by atoms with E-state index in [0.29, 0.717) is 22.5 Å². The smallest absolute Gasteiger partial charge is 0.343 e. The second kappa shape index (κ2) is 6.93. The molecule has 0 radical (unpaired) electrons. The van der Waals surface area contributed by atoms with Gasteiger partial charge in [0.15, 0.2) is 0 Å².